The number of pyridine rings is 1. The number of halogens is 1. The number of nitrogens with zero attached hydrogens (tertiary/aromatic N) is 1. The lowest BCUT2D eigenvalue weighted by Crippen LogP contribution is -2.16. The summed E-state index contributed by atoms with van der Waals surface area (Å²) in [7, 11) is -4.10. The van der Waals surface area contributed by atoms with Crippen LogP contribution in [0.3, 0.4) is 0 Å². The largest absolute Gasteiger partial charge is 0.295 e. The molecule has 2 aromatic rings. The summed E-state index contributed by atoms with van der Waals surface area (Å²) in [5.41, 5.74) is 0.678. The Labute approximate surface area is 115 Å². The minimum absolute atomic E-state index is 0.129. The molecule has 1 aromatic heterocycles. The van der Waals surface area contributed by atoms with Crippen LogP contribution >= 0.6 is 0 Å². The van der Waals surface area contributed by atoms with Gasteiger partial charge < -0.3 is 0 Å². The van der Waals surface area contributed by atoms with E-state index in [4.69, 9.17) is 0 Å². The minimum Gasteiger partial charge on any atom is -0.295 e. The summed E-state index contributed by atoms with van der Waals surface area (Å²) >= 11 is 0. The molecule has 5 nitrogen and oxygen atoms in total. The highest BCUT2D eigenvalue weighted by Gasteiger charge is 2.20. The second-order valence-electron chi connectivity index (χ2n) is 4.03. The zero-order valence-electron chi connectivity index (χ0n) is 10.5. The number of benzene rings is 1. The third-order valence-corrected chi connectivity index (χ3v) is 3.84. The Hall–Kier alpha value is -2.28. The van der Waals surface area contributed by atoms with Gasteiger partial charge in [-0.15, -0.1) is 0 Å². The first-order valence-corrected chi connectivity index (χ1v) is 7.13. The molecule has 0 amide bonds. The molecule has 0 bridgehead atoms. The first-order chi connectivity index (χ1) is 9.40. The summed E-state index contributed by atoms with van der Waals surface area (Å²) in [5.74, 6) is -1.06. The molecule has 0 aliphatic rings. The molecule has 1 heterocycles. The molecule has 0 atom stereocenters. The van der Waals surface area contributed by atoms with E-state index >= 15 is 0 Å². The summed E-state index contributed by atoms with van der Waals surface area (Å²) in [5, 5.41) is -0.671. The van der Waals surface area contributed by atoms with Crippen LogP contribution in [0.1, 0.15) is 17.3 Å². The lowest BCUT2D eigenvalue weighted by atomic mass is 10.1. The molecule has 0 spiro atoms. The molecule has 20 heavy (non-hydrogen) atoms. The van der Waals surface area contributed by atoms with E-state index in [1.807, 2.05) is 0 Å². The van der Waals surface area contributed by atoms with Gasteiger partial charge in [0, 0.05) is 17.4 Å². The number of nitrogens with one attached hydrogen (secondary N) is 1. The normalized spacial score (nSPS) is 11.1. The van der Waals surface area contributed by atoms with Crippen molar-refractivity contribution in [2.24, 2.45) is 0 Å². The maximum Gasteiger partial charge on any atom is 0.282 e. The summed E-state index contributed by atoms with van der Waals surface area (Å²) in [6, 6.07) is 8.13. The fraction of sp³-hybridized carbons (Fsp3) is 0.0769. The van der Waals surface area contributed by atoms with Gasteiger partial charge in [-0.2, -0.15) is 8.42 Å². The Kier molecular flexibility index (Phi) is 3.80. The molecule has 0 radical (unpaired) electrons. The number of aromatic nitrogens is 1. The van der Waals surface area contributed by atoms with E-state index in [1.165, 1.54) is 43.5 Å². The molecule has 0 fully saturated rings. The van der Waals surface area contributed by atoms with Gasteiger partial charge in [-0.05, 0) is 43.3 Å². The fourth-order valence-electron chi connectivity index (χ4n) is 1.55. The van der Waals surface area contributed by atoms with Gasteiger partial charge in [0.15, 0.2) is 11.6 Å². The Balaban J connectivity index is 2.29. The lowest BCUT2D eigenvalue weighted by molar-refractivity contribution is 0.101. The maximum atomic E-state index is 13.4. The van der Waals surface area contributed by atoms with Crippen molar-refractivity contribution in [3.63, 3.8) is 0 Å². The number of rotatable bonds is 4. The lowest BCUT2D eigenvalue weighted by Gasteiger charge is -2.08. The zero-order valence-corrected chi connectivity index (χ0v) is 11.3. The van der Waals surface area contributed by atoms with Crippen molar-refractivity contribution < 1.29 is 17.6 Å². The number of anilines is 1. The monoisotopic (exact) mass is 294 g/mol. The van der Waals surface area contributed by atoms with Crippen LogP contribution in [0.15, 0.2) is 47.6 Å². The van der Waals surface area contributed by atoms with Gasteiger partial charge in [0.25, 0.3) is 10.0 Å². The Morgan fingerprint density at radius 1 is 1.20 bits per heavy atom. The van der Waals surface area contributed by atoms with Crippen LogP contribution in [0.2, 0.25) is 0 Å². The molecule has 0 aliphatic carbocycles. The van der Waals surface area contributed by atoms with Gasteiger partial charge in [-0.3, -0.25) is 9.52 Å². The standard InChI is InChI=1S/C13H11FN2O3S/c1-9(17)10-4-6-11(7-5-10)16-20(18,19)13-12(14)3-2-8-15-13/h2-8,16H,1H3. The summed E-state index contributed by atoms with van der Waals surface area (Å²) in [6.45, 7) is 1.41. The zero-order chi connectivity index (χ0) is 14.8. The van der Waals surface area contributed by atoms with Gasteiger partial charge in [-0.25, -0.2) is 9.37 Å². The molecule has 1 aromatic carbocycles. The van der Waals surface area contributed by atoms with Gasteiger partial charge >= 0.3 is 0 Å². The van der Waals surface area contributed by atoms with Crippen LogP contribution in [0.5, 0.6) is 0 Å². The Morgan fingerprint density at radius 2 is 1.85 bits per heavy atom. The van der Waals surface area contributed by atoms with E-state index in [2.05, 4.69) is 9.71 Å². The third kappa shape index (κ3) is 3.00. The molecular formula is C13H11FN2O3S. The van der Waals surface area contributed by atoms with Crippen LogP contribution in [-0.2, 0) is 10.0 Å². The van der Waals surface area contributed by atoms with E-state index in [-0.39, 0.29) is 11.5 Å². The van der Waals surface area contributed by atoms with Gasteiger partial charge in [0.1, 0.15) is 0 Å². The summed E-state index contributed by atoms with van der Waals surface area (Å²) < 4.78 is 39.6. The molecule has 2 rings (SSSR count). The van der Waals surface area contributed by atoms with Gasteiger partial charge in [-0.1, -0.05) is 0 Å². The topological polar surface area (TPSA) is 76.1 Å². The van der Waals surface area contributed by atoms with E-state index in [0.29, 0.717) is 5.56 Å². The fourth-order valence-corrected chi connectivity index (χ4v) is 2.61. The molecular weight excluding hydrogens is 283 g/mol. The average Bonchev–Trinajstić information content (AvgIpc) is 2.39. The molecule has 1 N–H and O–H groups in total. The predicted octanol–water partition coefficient (Wildman–Crippen LogP) is 2.22. The summed E-state index contributed by atoms with van der Waals surface area (Å²) in [6.07, 6.45) is 1.19. The predicted molar refractivity (Wildman–Crippen MR) is 71.5 cm³/mol. The smallest absolute Gasteiger partial charge is 0.282 e. The Bertz CT molecular complexity index is 742. The molecule has 0 saturated carbocycles. The minimum atomic E-state index is -4.10. The first kappa shape index (κ1) is 14.1. The number of sulfonamides is 1. The van der Waals surface area contributed by atoms with E-state index < -0.39 is 20.9 Å². The second-order valence-corrected chi connectivity index (χ2v) is 5.63. The number of hydrogen-bond acceptors (Lipinski definition) is 4. The van der Waals surface area contributed by atoms with E-state index in [1.54, 1.807) is 0 Å². The molecule has 0 unspecified atom stereocenters. The van der Waals surface area contributed by atoms with Crippen molar-refractivity contribution in [2.75, 3.05) is 4.72 Å². The summed E-state index contributed by atoms with van der Waals surface area (Å²) in [4.78, 5) is 14.6. The molecule has 0 saturated heterocycles. The van der Waals surface area contributed by atoms with Crippen molar-refractivity contribution in [1.82, 2.24) is 4.98 Å². The van der Waals surface area contributed by atoms with Crippen molar-refractivity contribution in [1.29, 1.82) is 0 Å². The first-order valence-electron chi connectivity index (χ1n) is 5.64. The Morgan fingerprint density at radius 3 is 2.40 bits per heavy atom. The van der Waals surface area contributed by atoms with Crippen LogP contribution in [0, 0.1) is 5.82 Å². The number of hydrogen-bond donors (Lipinski definition) is 1. The SMILES string of the molecule is CC(=O)c1ccc(NS(=O)(=O)c2ncccc2F)cc1. The number of ketones is 1. The van der Waals surface area contributed by atoms with Crippen molar-refractivity contribution in [3.05, 3.63) is 54.0 Å². The maximum absolute atomic E-state index is 13.4. The number of carbonyl (C=O) groups excluding carboxylic acids is 1. The van der Waals surface area contributed by atoms with Crippen LogP contribution in [-0.4, -0.2) is 19.2 Å². The van der Waals surface area contributed by atoms with Crippen LogP contribution < -0.4 is 4.72 Å². The van der Waals surface area contributed by atoms with E-state index in [0.717, 1.165) is 6.07 Å². The van der Waals surface area contributed by atoms with E-state index in [9.17, 15) is 17.6 Å². The highest BCUT2D eigenvalue weighted by Crippen LogP contribution is 2.17. The van der Waals surface area contributed by atoms with Crippen molar-refractivity contribution in [3.8, 4) is 0 Å². The van der Waals surface area contributed by atoms with Crippen molar-refractivity contribution in [2.45, 2.75) is 11.9 Å². The molecule has 0 aliphatic heterocycles. The number of Topliss-reactive ketones (excluding diaryl/α,β-unsaturated/α-hetero) is 1. The molecule has 104 valence electrons. The number of carbonyl (C=O) groups is 1. The molecule has 7 heteroatoms. The second kappa shape index (κ2) is 5.38. The van der Waals surface area contributed by atoms with Gasteiger partial charge in [0.05, 0.1) is 0 Å². The van der Waals surface area contributed by atoms with Crippen LogP contribution in [0.4, 0.5) is 10.1 Å². The average molecular weight is 294 g/mol. The highest BCUT2D eigenvalue weighted by atomic mass is 32.2. The van der Waals surface area contributed by atoms with Crippen molar-refractivity contribution >= 4 is 21.5 Å². The third-order valence-electron chi connectivity index (χ3n) is 2.52. The highest BCUT2D eigenvalue weighted by molar-refractivity contribution is 7.92. The van der Waals surface area contributed by atoms with Crippen LogP contribution in [0.25, 0.3) is 0 Å². The van der Waals surface area contributed by atoms with Gasteiger partial charge in [0.2, 0.25) is 5.03 Å². The quantitative estimate of drug-likeness (QED) is 0.877.